The maximum atomic E-state index is 12.0. The number of carboxylic acid groups (broad SMARTS) is 1. The summed E-state index contributed by atoms with van der Waals surface area (Å²) in [6, 6.07) is 0. The summed E-state index contributed by atoms with van der Waals surface area (Å²) in [6.07, 6.45) is 21.1. The van der Waals surface area contributed by atoms with E-state index in [1.807, 2.05) is 0 Å². The van der Waals surface area contributed by atoms with E-state index < -0.39 is 13.2 Å². The van der Waals surface area contributed by atoms with Crippen molar-refractivity contribution < 1.29 is 9.90 Å². The van der Waals surface area contributed by atoms with Crippen LogP contribution in [0.2, 0.25) is 0 Å². The fraction of sp³-hybridized carbons (Fsp3) is 0.950. The van der Waals surface area contributed by atoms with Gasteiger partial charge in [-0.2, -0.15) is 0 Å². The second kappa shape index (κ2) is 8.32. The minimum atomic E-state index is -1.38. The molecule has 0 amide bonds. The lowest BCUT2D eigenvalue weighted by molar-refractivity contribution is -0.134. The molecule has 0 bridgehead atoms. The van der Waals surface area contributed by atoms with E-state index in [1.165, 1.54) is 96.3 Å². The van der Waals surface area contributed by atoms with Crippen LogP contribution in [-0.2, 0) is 4.79 Å². The monoisotopic (exact) mass is 339 g/mol. The lowest BCUT2D eigenvalue weighted by Gasteiger charge is -2.48. The molecule has 3 saturated carbocycles. The zero-order valence-electron chi connectivity index (χ0n) is 14.8. The lowest BCUT2D eigenvalue weighted by atomic mass is 9.99. The van der Waals surface area contributed by atoms with E-state index in [9.17, 15) is 9.90 Å². The van der Waals surface area contributed by atoms with Gasteiger partial charge in [-0.3, -0.25) is 0 Å². The van der Waals surface area contributed by atoms with Gasteiger partial charge in [0.25, 0.3) is 0 Å². The second-order valence-electron chi connectivity index (χ2n) is 8.42. The van der Waals surface area contributed by atoms with Crippen LogP contribution in [0.1, 0.15) is 96.3 Å². The topological polar surface area (TPSA) is 37.3 Å². The number of carbonyl (C=O) groups is 1. The third-order valence-corrected chi connectivity index (χ3v) is 13.6. The Morgan fingerprint density at radius 2 is 0.957 bits per heavy atom. The summed E-state index contributed by atoms with van der Waals surface area (Å²) in [6.45, 7) is 0. The molecule has 0 radical (unpaired) electrons. The maximum Gasteiger partial charge on any atom is 0.341 e. The molecule has 2 nitrogen and oxygen atoms in total. The zero-order valence-corrected chi connectivity index (χ0v) is 15.7. The molecule has 0 aliphatic heterocycles. The average molecular weight is 339 g/mol. The van der Waals surface area contributed by atoms with Crippen LogP contribution in [0.15, 0.2) is 0 Å². The van der Waals surface area contributed by atoms with Crippen LogP contribution in [0.25, 0.3) is 0 Å². The number of aliphatic carboxylic acids is 1. The molecule has 1 N–H and O–H groups in total. The van der Waals surface area contributed by atoms with E-state index in [-0.39, 0.29) is 0 Å². The molecule has 0 spiro atoms. The number of carboxylic acids is 1. The zero-order chi connectivity index (χ0) is 16.1. The molecule has 0 aromatic heterocycles. The van der Waals surface area contributed by atoms with Gasteiger partial charge >= 0.3 is 5.97 Å². The van der Waals surface area contributed by atoms with Gasteiger partial charge in [-0.15, -0.1) is 0 Å². The van der Waals surface area contributed by atoms with E-state index in [0.29, 0.717) is 6.16 Å². The lowest BCUT2D eigenvalue weighted by Crippen LogP contribution is -2.39. The van der Waals surface area contributed by atoms with E-state index in [1.54, 1.807) is 0 Å². The predicted molar refractivity (Wildman–Crippen MR) is 100 cm³/mol. The Hall–Kier alpha value is -0.100. The van der Waals surface area contributed by atoms with Crippen LogP contribution in [0.3, 0.4) is 0 Å². The summed E-state index contributed by atoms with van der Waals surface area (Å²) in [5, 5.41) is 9.87. The summed E-state index contributed by atoms with van der Waals surface area (Å²) in [4.78, 5) is 12.0. The Bertz CT molecular complexity index is 332. The summed E-state index contributed by atoms with van der Waals surface area (Å²) in [5.41, 5.74) is 2.41. The molecule has 23 heavy (non-hydrogen) atoms. The molecule has 132 valence electrons. The minimum Gasteiger partial charge on any atom is -0.479 e. The largest absolute Gasteiger partial charge is 0.479 e. The molecule has 3 rings (SSSR count). The molecule has 3 fully saturated rings. The highest BCUT2D eigenvalue weighted by atomic mass is 31.2. The van der Waals surface area contributed by atoms with Crippen LogP contribution in [-0.4, -0.2) is 34.2 Å². The van der Waals surface area contributed by atoms with Gasteiger partial charge in [0, 0.05) is 7.26 Å². The number of hydrogen-bond acceptors (Lipinski definition) is 1. The van der Waals surface area contributed by atoms with Gasteiger partial charge in [-0.05, 0) is 77.0 Å². The van der Waals surface area contributed by atoms with Crippen molar-refractivity contribution in [3.63, 3.8) is 0 Å². The van der Waals surface area contributed by atoms with Gasteiger partial charge in [-0.1, -0.05) is 19.3 Å². The van der Waals surface area contributed by atoms with Crippen molar-refractivity contribution >= 4 is 13.2 Å². The number of hydrogen-bond donors (Lipinski definition) is 1. The highest BCUT2D eigenvalue weighted by molar-refractivity contribution is 7.78. The van der Waals surface area contributed by atoms with Crippen LogP contribution in [0.5, 0.6) is 0 Å². The first kappa shape index (κ1) is 17.7. The molecule has 0 aromatic rings. The Balaban J connectivity index is 1.93. The van der Waals surface area contributed by atoms with Crippen LogP contribution in [0, 0.1) is 0 Å². The van der Waals surface area contributed by atoms with Gasteiger partial charge in [-0.25, -0.2) is 4.79 Å². The third-order valence-electron chi connectivity index (χ3n) is 7.17. The normalized spacial score (nSPS) is 26.3. The van der Waals surface area contributed by atoms with Crippen LogP contribution in [0.4, 0.5) is 0 Å². The van der Waals surface area contributed by atoms with Crippen molar-refractivity contribution in [2.75, 3.05) is 6.16 Å². The fourth-order valence-corrected chi connectivity index (χ4v) is 13.2. The minimum absolute atomic E-state index is 0.472. The standard InChI is InChI=1S/C20H35O2P/c21-20(22)16-23(17-10-4-1-5-11-17,18-12-6-2-7-13-18)19-14-8-3-9-15-19/h17-19H,1-16H2/p+1. The molecule has 3 heteroatoms. The second-order valence-corrected chi connectivity index (χ2v) is 12.9. The molecule has 0 heterocycles. The van der Waals surface area contributed by atoms with Crippen molar-refractivity contribution in [2.45, 2.75) is 113 Å². The quantitative estimate of drug-likeness (QED) is 0.616. The molecule has 0 atom stereocenters. The van der Waals surface area contributed by atoms with E-state index in [4.69, 9.17) is 0 Å². The molecule has 0 unspecified atom stereocenters. The molecule has 3 aliphatic rings. The summed E-state index contributed by atoms with van der Waals surface area (Å²) >= 11 is 0. The summed E-state index contributed by atoms with van der Waals surface area (Å²) in [5.74, 6) is -0.472. The first-order valence-electron chi connectivity index (χ1n) is 10.3. The fourth-order valence-electron chi connectivity index (χ4n) is 6.20. The highest BCUT2D eigenvalue weighted by Crippen LogP contribution is 2.77. The van der Waals surface area contributed by atoms with Gasteiger partial charge in [0.05, 0.1) is 17.0 Å². The van der Waals surface area contributed by atoms with E-state index in [2.05, 4.69) is 0 Å². The molecule has 0 saturated heterocycles. The molecular weight excluding hydrogens is 303 g/mol. The smallest absolute Gasteiger partial charge is 0.341 e. The van der Waals surface area contributed by atoms with Gasteiger partial charge in [0.1, 0.15) is 0 Å². The van der Waals surface area contributed by atoms with Crippen molar-refractivity contribution in [1.29, 1.82) is 0 Å². The highest BCUT2D eigenvalue weighted by Gasteiger charge is 2.58. The van der Waals surface area contributed by atoms with Crippen LogP contribution >= 0.6 is 7.26 Å². The van der Waals surface area contributed by atoms with Crippen LogP contribution < -0.4 is 0 Å². The molecule has 3 aliphatic carbocycles. The first-order chi connectivity index (χ1) is 11.2. The van der Waals surface area contributed by atoms with Crippen molar-refractivity contribution in [1.82, 2.24) is 0 Å². The van der Waals surface area contributed by atoms with Gasteiger partial charge < -0.3 is 5.11 Å². The van der Waals surface area contributed by atoms with E-state index in [0.717, 1.165) is 17.0 Å². The van der Waals surface area contributed by atoms with E-state index >= 15 is 0 Å². The Morgan fingerprint density at radius 1 is 0.652 bits per heavy atom. The van der Waals surface area contributed by atoms with Gasteiger partial charge in [0.2, 0.25) is 0 Å². The Kier molecular flexibility index (Phi) is 6.41. The van der Waals surface area contributed by atoms with Crippen molar-refractivity contribution in [3.05, 3.63) is 0 Å². The number of rotatable bonds is 5. The first-order valence-corrected chi connectivity index (χ1v) is 12.5. The summed E-state index contributed by atoms with van der Waals surface area (Å²) < 4.78 is 0. The Labute approximate surface area is 143 Å². The third kappa shape index (κ3) is 3.94. The van der Waals surface area contributed by atoms with Crippen molar-refractivity contribution in [3.8, 4) is 0 Å². The molecule has 0 aromatic carbocycles. The average Bonchev–Trinajstić information content (AvgIpc) is 2.62. The van der Waals surface area contributed by atoms with Gasteiger partial charge in [0.15, 0.2) is 6.16 Å². The molecular formula is C20H36O2P+. The van der Waals surface area contributed by atoms with Crippen molar-refractivity contribution in [2.24, 2.45) is 0 Å². The predicted octanol–water partition coefficient (Wildman–Crippen LogP) is 6.09. The summed E-state index contributed by atoms with van der Waals surface area (Å²) in [7, 11) is -1.38. The maximum absolute atomic E-state index is 12.0. The Morgan fingerprint density at radius 3 is 1.22 bits per heavy atom. The SMILES string of the molecule is O=C(O)C[P+](C1CCCCC1)(C1CCCCC1)C1CCCCC1.